The second-order valence-electron chi connectivity index (χ2n) is 8.12. The number of nitrogens with zero attached hydrogens (tertiary/aromatic N) is 1. The molecule has 0 amide bonds. The molecule has 2 nitrogen and oxygen atoms in total. The lowest BCUT2D eigenvalue weighted by Gasteiger charge is -2.35. The Kier molecular flexibility index (Phi) is 8.04. The van der Waals surface area contributed by atoms with E-state index in [1.165, 1.54) is 33.1 Å². The van der Waals surface area contributed by atoms with Crippen LogP contribution in [0.25, 0.3) is 0 Å². The fraction of sp³-hybridized carbons (Fsp3) is 0.321. The summed E-state index contributed by atoms with van der Waals surface area (Å²) in [6.07, 6.45) is 4.10. The summed E-state index contributed by atoms with van der Waals surface area (Å²) in [5, 5.41) is 1.39. The third kappa shape index (κ3) is 5.43. The lowest BCUT2D eigenvalue weighted by molar-refractivity contribution is 0.296. The zero-order chi connectivity index (χ0) is 22.3. The van der Waals surface area contributed by atoms with Crippen molar-refractivity contribution in [3.05, 3.63) is 94.5 Å². The molecule has 0 aliphatic carbocycles. The average Bonchev–Trinajstić information content (AvgIpc) is 2.78. The molecule has 0 saturated heterocycles. The van der Waals surface area contributed by atoms with Crippen molar-refractivity contribution in [3.8, 4) is 5.75 Å². The molecule has 0 N–H and O–H groups in total. The predicted octanol–water partition coefficient (Wildman–Crippen LogP) is 6.95. The van der Waals surface area contributed by atoms with Crippen molar-refractivity contribution in [2.24, 2.45) is 4.99 Å². The molecule has 1 unspecified atom stereocenters. The Labute approximate surface area is 189 Å². The summed E-state index contributed by atoms with van der Waals surface area (Å²) in [4.78, 5) is 4.28. The smallest absolute Gasteiger partial charge is 0.126 e. The maximum Gasteiger partial charge on any atom is 0.126 e. The van der Waals surface area contributed by atoms with Gasteiger partial charge in [0.05, 0.1) is 0 Å². The molecule has 0 bridgehead atoms. The van der Waals surface area contributed by atoms with Gasteiger partial charge in [-0.15, -0.1) is 0 Å². The Morgan fingerprint density at radius 3 is 2.29 bits per heavy atom. The zero-order valence-corrected chi connectivity index (χ0v) is 20.4. The molecule has 31 heavy (non-hydrogen) atoms. The van der Waals surface area contributed by atoms with Gasteiger partial charge in [-0.25, -0.2) is 0 Å². The highest BCUT2D eigenvalue weighted by atomic mass is 31.1. The molecule has 0 saturated carbocycles. The molecule has 162 valence electrons. The Bertz CT molecular complexity index is 1020. The van der Waals surface area contributed by atoms with E-state index in [9.17, 15) is 0 Å². The highest BCUT2D eigenvalue weighted by Gasteiger charge is 2.33. The van der Waals surface area contributed by atoms with Crippen LogP contribution < -0.4 is 10.0 Å². The fourth-order valence-corrected chi connectivity index (χ4v) is 5.89. The third-order valence-electron chi connectivity index (χ3n) is 5.97. The maximum atomic E-state index is 6.51. The van der Waals surface area contributed by atoms with E-state index in [-0.39, 0.29) is 5.16 Å². The van der Waals surface area contributed by atoms with E-state index in [2.05, 4.69) is 93.4 Å². The van der Waals surface area contributed by atoms with Crippen molar-refractivity contribution in [2.45, 2.75) is 52.3 Å². The van der Waals surface area contributed by atoms with Crippen molar-refractivity contribution < 1.29 is 4.74 Å². The SMILES string of the molecule is CCC(CC)(Pc1ccccc1/C=N/C)c1cc(C)cc(C)c1OCc1ccccc1. The summed E-state index contributed by atoms with van der Waals surface area (Å²) >= 11 is 0. The van der Waals surface area contributed by atoms with Gasteiger partial charge in [0.2, 0.25) is 0 Å². The van der Waals surface area contributed by atoms with Crippen LogP contribution >= 0.6 is 8.58 Å². The van der Waals surface area contributed by atoms with Crippen LogP contribution in [0.1, 0.15) is 54.5 Å². The Morgan fingerprint density at radius 1 is 0.935 bits per heavy atom. The number of aliphatic imine (C=N–C) groups is 1. The molecule has 0 fully saturated rings. The van der Waals surface area contributed by atoms with E-state index in [0.29, 0.717) is 15.2 Å². The third-order valence-corrected chi connectivity index (χ3v) is 8.15. The number of aryl methyl sites for hydroxylation is 2. The molecule has 3 rings (SSSR count). The van der Waals surface area contributed by atoms with Crippen LogP contribution in [0, 0.1) is 13.8 Å². The van der Waals surface area contributed by atoms with Gasteiger partial charge in [-0.05, 0) is 48.7 Å². The summed E-state index contributed by atoms with van der Waals surface area (Å²) in [6, 6.07) is 23.7. The van der Waals surface area contributed by atoms with Gasteiger partial charge in [0, 0.05) is 24.0 Å². The molecule has 0 aliphatic rings. The Hall–Kier alpha value is -2.44. The average molecular weight is 432 g/mol. The maximum absolute atomic E-state index is 6.51. The van der Waals surface area contributed by atoms with Crippen LogP contribution in [0.15, 0.2) is 71.7 Å². The lowest BCUT2D eigenvalue weighted by Crippen LogP contribution is -2.24. The first-order valence-corrected chi connectivity index (χ1v) is 12.1. The van der Waals surface area contributed by atoms with Crippen molar-refractivity contribution in [2.75, 3.05) is 7.05 Å². The van der Waals surface area contributed by atoms with Gasteiger partial charge in [0.1, 0.15) is 12.4 Å². The van der Waals surface area contributed by atoms with Gasteiger partial charge < -0.3 is 4.74 Å². The van der Waals surface area contributed by atoms with Crippen LogP contribution in [0.4, 0.5) is 0 Å². The van der Waals surface area contributed by atoms with Gasteiger partial charge in [-0.1, -0.05) is 94.7 Å². The molecule has 1 atom stereocenters. The van der Waals surface area contributed by atoms with Crippen molar-refractivity contribution in [1.82, 2.24) is 0 Å². The van der Waals surface area contributed by atoms with Gasteiger partial charge in [-0.2, -0.15) is 0 Å². The van der Waals surface area contributed by atoms with E-state index >= 15 is 0 Å². The summed E-state index contributed by atoms with van der Waals surface area (Å²) in [5.41, 5.74) is 6.25. The Balaban J connectivity index is 2.06. The van der Waals surface area contributed by atoms with Crippen molar-refractivity contribution >= 4 is 20.1 Å². The van der Waals surface area contributed by atoms with E-state index in [1.807, 2.05) is 19.3 Å². The molecule has 3 aromatic carbocycles. The number of benzene rings is 3. The second kappa shape index (κ2) is 10.7. The molecule has 0 spiro atoms. The van der Waals surface area contributed by atoms with Gasteiger partial charge in [0.25, 0.3) is 0 Å². The lowest BCUT2D eigenvalue weighted by atomic mass is 9.89. The molecule has 0 aromatic heterocycles. The Morgan fingerprint density at radius 2 is 1.61 bits per heavy atom. The molecular weight excluding hydrogens is 397 g/mol. The molecule has 0 aliphatic heterocycles. The largest absolute Gasteiger partial charge is 0.488 e. The standard InChI is InChI=1S/C28H34NOP/c1-6-28(7-2,31-26-16-12-11-15-24(26)19-29-5)25-18-21(3)17-22(4)27(25)30-20-23-13-9-8-10-14-23/h8-19,31H,6-7,20H2,1-5H3/b29-19+. The predicted molar refractivity (Wildman–Crippen MR) is 137 cm³/mol. The van der Waals surface area contributed by atoms with Crippen molar-refractivity contribution in [3.63, 3.8) is 0 Å². The van der Waals surface area contributed by atoms with Crippen LogP contribution in [-0.2, 0) is 11.8 Å². The number of hydrogen-bond donors (Lipinski definition) is 0. The minimum atomic E-state index is 0.0283. The molecule has 0 heterocycles. The highest BCUT2D eigenvalue weighted by Crippen LogP contribution is 2.51. The van der Waals surface area contributed by atoms with E-state index in [1.54, 1.807) is 0 Å². The van der Waals surface area contributed by atoms with Crippen LogP contribution in [0.5, 0.6) is 5.75 Å². The number of hydrogen-bond acceptors (Lipinski definition) is 2. The monoisotopic (exact) mass is 431 g/mol. The van der Waals surface area contributed by atoms with Gasteiger partial charge >= 0.3 is 0 Å². The van der Waals surface area contributed by atoms with E-state index < -0.39 is 0 Å². The zero-order valence-electron chi connectivity index (χ0n) is 19.4. The minimum absolute atomic E-state index is 0.0283. The first kappa shape index (κ1) is 23.2. The summed E-state index contributed by atoms with van der Waals surface area (Å²) < 4.78 is 6.51. The first-order chi connectivity index (χ1) is 15.0. The highest BCUT2D eigenvalue weighted by molar-refractivity contribution is 7.48. The fourth-order valence-electron chi connectivity index (χ4n) is 4.23. The minimum Gasteiger partial charge on any atom is -0.488 e. The second-order valence-corrected chi connectivity index (χ2v) is 9.87. The number of ether oxygens (including phenoxy) is 1. The quantitative estimate of drug-likeness (QED) is 0.265. The van der Waals surface area contributed by atoms with Crippen LogP contribution in [0.3, 0.4) is 0 Å². The van der Waals surface area contributed by atoms with E-state index in [4.69, 9.17) is 4.74 Å². The van der Waals surface area contributed by atoms with Crippen LogP contribution in [0.2, 0.25) is 0 Å². The molecular formula is C28H34NOP. The molecule has 3 aromatic rings. The topological polar surface area (TPSA) is 21.6 Å². The van der Waals surface area contributed by atoms with Crippen LogP contribution in [-0.4, -0.2) is 13.3 Å². The molecule has 3 heteroatoms. The molecule has 0 radical (unpaired) electrons. The van der Waals surface area contributed by atoms with Crippen molar-refractivity contribution in [1.29, 1.82) is 0 Å². The van der Waals surface area contributed by atoms with Gasteiger partial charge in [-0.3, -0.25) is 4.99 Å². The normalized spacial score (nSPS) is 12.2. The van der Waals surface area contributed by atoms with E-state index in [0.717, 1.165) is 18.6 Å². The summed E-state index contributed by atoms with van der Waals surface area (Å²) in [6.45, 7) is 9.57. The summed E-state index contributed by atoms with van der Waals surface area (Å²) in [5.74, 6) is 1.05. The van der Waals surface area contributed by atoms with Gasteiger partial charge in [0.15, 0.2) is 0 Å². The summed E-state index contributed by atoms with van der Waals surface area (Å²) in [7, 11) is 2.48. The first-order valence-electron chi connectivity index (χ1n) is 11.1. The number of rotatable bonds is 9.